The van der Waals surface area contributed by atoms with Crippen molar-refractivity contribution in [3.63, 3.8) is 0 Å². The number of para-hydroxylation sites is 1. The largest absolute Gasteiger partial charge is 0.872 e. The number of hydrogen-bond acceptors (Lipinski definition) is 4. The minimum atomic E-state index is -1.18. The van der Waals surface area contributed by atoms with Gasteiger partial charge in [-0.25, -0.2) is 14.2 Å². The molecule has 0 bridgehead atoms. The van der Waals surface area contributed by atoms with Crippen molar-refractivity contribution in [3.05, 3.63) is 54.4 Å². The van der Waals surface area contributed by atoms with Crippen LogP contribution in [0.4, 0.5) is 4.79 Å². The van der Waals surface area contributed by atoms with E-state index in [-0.39, 0.29) is 11.7 Å². The number of carbonyl (C=O) groups excluding carboxylic acids is 1. The summed E-state index contributed by atoms with van der Waals surface area (Å²) < 4.78 is 6.84. The van der Waals surface area contributed by atoms with Gasteiger partial charge in [-0.15, -0.1) is 0 Å². The molecule has 1 amide bonds. The Kier molecular flexibility index (Phi) is 6.54. The Balaban J connectivity index is 0.000000238. The summed E-state index contributed by atoms with van der Waals surface area (Å²) in [5, 5.41) is 19.0. The van der Waals surface area contributed by atoms with Crippen molar-refractivity contribution in [2.75, 3.05) is 14.1 Å². The van der Waals surface area contributed by atoms with Gasteiger partial charge in [0.15, 0.2) is 11.9 Å². The van der Waals surface area contributed by atoms with Crippen LogP contribution in [-0.2, 0) is 7.05 Å². The second kappa shape index (κ2) is 8.38. The number of aryl methyl sites for hydroxylation is 1. The highest BCUT2D eigenvalue weighted by molar-refractivity contribution is 5.90. The number of aromatic carboxylic acids is 1. The van der Waals surface area contributed by atoms with E-state index in [9.17, 15) is 14.7 Å². The van der Waals surface area contributed by atoms with Gasteiger partial charge in [-0.3, -0.25) is 0 Å². The van der Waals surface area contributed by atoms with Gasteiger partial charge in [-0.1, -0.05) is 23.9 Å². The fourth-order valence-corrected chi connectivity index (χ4v) is 1.46. The molecule has 0 aliphatic carbocycles. The minimum absolute atomic E-state index is 0.178. The summed E-state index contributed by atoms with van der Waals surface area (Å²) in [5.74, 6) is -1.08. The molecule has 2 aromatic rings. The van der Waals surface area contributed by atoms with E-state index in [2.05, 4.69) is 0 Å². The molecule has 0 spiro atoms. The molecule has 7 nitrogen and oxygen atoms in total. The third-order valence-corrected chi connectivity index (χ3v) is 2.60. The molecule has 1 aromatic carbocycles. The van der Waals surface area contributed by atoms with E-state index < -0.39 is 11.7 Å². The van der Waals surface area contributed by atoms with Gasteiger partial charge in [0.2, 0.25) is 6.20 Å². The first kappa shape index (κ1) is 18.0. The third-order valence-electron chi connectivity index (χ3n) is 2.60. The summed E-state index contributed by atoms with van der Waals surface area (Å²) in [6.07, 6.45) is 3.24. The van der Waals surface area contributed by atoms with Crippen LogP contribution in [0, 0.1) is 0 Å². The lowest BCUT2D eigenvalue weighted by Gasteiger charge is -2.09. The van der Waals surface area contributed by atoms with E-state index in [0.717, 1.165) is 0 Å². The van der Waals surface area contributed by atoms with Crippen molar-refractivity contribution in [3.8, 4) is 11.5 Å². The zero-order valence-electron chi connectivity index (χ0n) is 13.1. The van der Waals surface area contributed by atoms with Crippen LogP contribution in [0.3, 0.4) is 0 Å². The molecule has 0 saturated heterocycles. The van der Waals surface area contributed by atoms with Crippen molar-refractivity contribution < 1.29 is 29.1 Å². The highest BCUT2D eigenvalue weighted by Crippen LogP contribution is 2.10. The molecule has 0 aliphatic rings. The van der Waals surface area contributed by atoms with E-state index in [0.29, 0.717) is 5.75 Å². The molecule has 1 N–H and O–H groups in total. The molecule has 1 aromatic heterocycles. The maximum atomic E-state index is 11.1. The Morgan fingerprint density at radius 2 is 1.83 bits per heavy atom. The van der Waals surface area contributed by atoms with Crippen LogP contribution < -0.4 is 14.4 Å². The standard InChI is InChI=1S/C9H13N2O2.C7H6O3/c1-10(2)9(12)13-8-5-4-6-11(3)7-8;8-6-4-2-1-3-5(6)7(9)10/h4-7H,1-3H3;1-4,8H,(H,9,10)/q+1;/p-1. The highest BCUT2D eigenvalue weighted by Gasteiger charge is 2.08. The topological polar surface area (TPSA) is 93.8 Å². The van der Waals surface area contributed by atoms with Gasteiger partial charge in [0.1, 0.15) is 7.05 Å². The zero-order chi connectivity index (χ0) is 17.4. The number of amides is 1. The lowest BCUT2D eigenvalue weighted by Crippen LogP contribution is -2.29. The molecule has 1 heterocycles. The maximum Gasteiger partial charge on any atom is 0.414 e. The molecule has 7 heteroatoms. The number of nitrogens with zero attached hydrogens (tertiary/aromatic N) is 2. The molecule has 2 rings (SSSR count). The first-order chi connectivity index (χ1) is 10.8. The molecular formula is C16H18N2O5. The molecule has 0 saturated carbocycles. The number of rotatable bonds is 2. The van der Waals surface area contributed by atoms with E-state index in [1.165, 1.54) is 29.2 Å². The number of carbonyl (C=O) groups is 2. The number of hydrogen-bond donors (Lipinski definition) is 1. The van der Waals surface area contributed by atoms with Gasteiger partial charge < -0.3 is 19.8 Å². The van der Waals surface area contributed by atoms with Crippen LogP contribution in [-0.4, -0.2) is 36.2 Å². The fourth-order valence-electron chi connectivity index (χ4n) is 1.46. The van der Waals surface area contributed by atoms with Crippen molar-refractivity contribution in [2.24, 2.45) is 7.05 Å². The Morgan fingerprint density at radius 1 is 1.17 bits per heavy atom. The van der Waals surface area contributed by atoms with E-state index >= 15 is 0 Å². The van der Waals surface area contributed by atoms with Crippen molar-refractivity contribution in [2.45, 2.75) is 0 Å². The quantitative estimate of drug-likeness (QED) is 0.835. The summed E-state index contributed by atoms with van der Waals surface area (Å²) in [4.78, 5) is 22.7. The average molecular weight is 318 g/mol. The molecule has 0 radical (unpaired) electrons. The highest BCUT2D eigenvalue weighted by atomic mass is 16.6. The summed E-state index contributed by atoms with van der Waals surface area (Å²) in [6.45, 7) is 0. The number of ether oxygens (including phenoxy) is 1. The van der Waals surface area contributed by atoms with E-state index in [4.69, 9.17) is 9.84 Å². The van der Waals surface area contributed by atoms with Gasteiger partial charge in [0.05, 0.1) is 5.56 Å². The van der Waals surface area contributed by atoms with Crippen LogP contribution in [0.2, 0.25) is 0 Å². The molecule has 23 heavy (non-hydrogen) atoms. The second-order valence-electron chi connectivity index (χ2n) is 4.77. The number of aromatic nitrogens is 1. The molecule has 0 atom stereocenters. The normalized spacial score (nSPS) is 9.35. The second-order valence-corrected chi connectivity index (χ2v) is 4.77. The van der Waals surface area contributed by atoms with Gasteiger partial charge in [0, 0.05) is 20.2 Å². The van der Waals surface area contributed by atoms with Crippen molar-refractivity contribution in [1.29, 1.82) is 0 Å². The molecule has 0 unspecified atom stereocenters. The summed E-state index contributed by atoms with van der Waals surface area (Å²) in [5.41, 5.74) is -0.178. The number of carboxylic acid groups (broad SMARTS) is 1. The smallest absolute Gasteiger partial charge is 0.414 e. The zero-order valence-corrected chi connectivity index (χ0v) is 13.1. The van der Waals surface area contributed by atoms with Crippen LogP contribution in [0.15, 0.2) is 48.8 Å². The predicted octanol–water partition coefficient (Wildman–Crippen LogP) is 1.03. The van der Waals surface area contributed by atoms with Gasteiger partial charge in [-0.05, 0) is 12.1 Å². The first-order valence-corrected chi connectivity index (χ1v) is 6.65. The Hall–Kier alpha value is -3.09. The Labute approximate surface area is 134 Å². The summed E-state index contributed by atoms with van der Waals surface area (Å²) in [6, 6.07) is 9.09. The maximum absolute atomic E-state index is 11.1. The summed E-state index contributed by atoms with van der Waals surface area (Å²) in [7, 11) is 5.16. The van der Waals surface area contributed by atoms with Crippen LogP contribution in [0.5, 0.6) is 11.5 Å². The van der Waals surface area contributed by atoms with Crippen molar-refractivity contribution >= 4 is 12.1 Å². The van der Waals surface area contributed by atoms with Crippen LogP contribution in [0.1, 0.15) is 10.4 Å². The number of pyridine rings is 1. The summed E-state index contributed by atoms with van der Waals surface area (Å²) >= 11 is 0. The average Bonchev–Trinajstić information content (AvgIpc) is 2.48. The fraction of sp³-hybridized carbons (Fsp3) is 0.188. The number of benzene rings is 1. The SMILES string of the molecule is CN(C)C(=O)Oc1ccc[n+](C)c1.O=C(O)c1ccccc1[O-]. The molecular weight excluding hydrogens is 300 g/mol. The number of carboxylic acids is 1. The molecule has 122 valence electrons. The third kappa shape index (κ3) is 6.04. The Bertz CT molecular complexity index is 686. The Morgan fingerprint density at radius 3 is 2.30 bits per heavy atom. The molecule has 0 aliphatic heterocycles. The minimum Gasteiger partial charge on any atom is -0.872 e. The van der Waals surface area contributed by atoms with Gasteiger partial charge in [0.25, 0.3) is 0 Å². The predicted molar refractivity (Wildman–Crippen MR) is 80.2 cm³/mol. The van der Waals surface area contributed by atoms with Crippen molar-refractivity contribution in [1.82, 2.24) is 4.90 Å². The van der Waals surface area contributed by atoms with Gasteiger partial charge in [-0.2, -0.15) is 0 Å². The van der Waals surface area contributed by atoms with Crippen LogP contribution in [0.25, 0.3) is 0 Å². The van der Waals surface area contributed by atoms with E-state index in [1.54, 1.807) is 26.4 Å². The molecule has 0 fully saturated rings. The van der Waals surface area contributed by atoms with E-state index in [1.807, 2.05) is 23.9 Å². The monoisotopic (exact) mass is 318 g/mol. The lowest BCUT2D eigenvalue weighted by atomic mass is 10.2. The first-order valence-electron chi connectivity index (χ1n) is 6.65. The van der Waals surface area contributed by atoms with Crippen LogP contribution >= 0.6 is 0 Å². The lowest BCUT2D eigenvalue weighted by molar-refractivity contribution is -0.671. The van der Waals surface area contributed by atoms with Gasteiger partial charge >= 0.3 is 12.1 Å².